The summed E-state index contributed by atoms with van der Waals surface area (Å²) in [7, 11) is 1.57. The first kappa shape index (κ1) is 24.3. The van der Waals surface area contributed by atoms with Gasteiger partial charge in [-0.2, -0.15) is 0 Å². The Morgan fingerprint density at radius 2 is 1.92 bits per heavy atom. The van der Waals surface area contributed by atoms with Gasteiger partial charge in [-0.1, -0.05) is 6.07 Å². The van der Waals surface area contributed by atoms with Crippen LogP contribution in [0, 0.1) is 11.7 Å². The topological polar surface area (TPSA) is 59.1 Å². The Morgan fingerprint density at radius 3 is 2.67 bits per heavy atom. The summed E-state index contributed by atoms with van der Waals surface area (Å²) in [6.07, 6.45) is 2.93. The predicted molar refractivity (Wildman–Crippen MR) is 136 cm³/mol. The van der Waals surface area contributed by atoms with Crippen LogP contribution in [0.4, 0.5) is 4.39 Å². The van der Waals surface area contributed by atoms with Crippen molar-refractivity contribution in [3.8, 4) is 11.5 Å². The average Bonchev–Trinajstić information content (AvgIpc) is 3.59. The van der Waals surface area contributed by atoms with Gasteiger partial charge in [0, 0.05) is 23.5 Å². The molecule has 1 aliphatic heterocycles. The van der Waals surface area contributed by atoms with E-state index in [0.717, 1.165) is 24.8 Å². The molecule has 0 saturated heterocycles. The molecule has 0 radical (unpaired) electrons. The van der Waals surface area contributed by atoms with Gasteiger partial charge in [0.2, 0.25) is 5.91 Å². The van der Waals surface area contributed by atoms with Crippen molar-refractivity contribution in [1.29, 1.82) is 0 Å². The van der Waals surface area contributed by atoms with E-state index in [9.17, 15) is 14.0 Å². The highest BCUT2D eigenvalue weighted by molar-refractivity contribution is 7.10. The van der Waals surface area contributed by atoms with Crippen molar-refractivity contribution in [2.75, 3.05) is 33.4 Å². The van der Waals surface area contributed by atoms with E-state index in [0.29, 0.717) is 36.1 Å². The van der Waals surface area contributed by atoms with Crippen LogP contribution in [0.15, 0.2) is 60.0 Å². The lowest BCUT2D eigenvalue weighted by Crippen LogP contribution is -2.48. The largest absolute Gasteiger partial charge is 0.497 e. The maximum atomic E-state index is 13.7. The normalized spacial score (nSPS) is 16.8. The fourth-order valence-corrected chi connectivity index (χ4v) is 5.53. The van der Waals surface area contributed by atoms with Crippen molar-refractivity contribution in [2.45, 2.75) is 25.3 Å². The van der Waals surface area contributed by atoms with Gasteiger partial charge in [0.15, 0.2) is 0 Å². The molecule has 2 aliphatic rings. The van der Waals surface area contributed by atoms with Gasteiger partial charge in [-0.25, -0.2) is 4.39 Å². The van der Waals surface area contributed by atoms with Crippen molar-refractivity contribution in [1.82, 2.24) is 9.80 Å². The minimum Gasteiger partial charge on any atom is -0.497 e. The minimum absolute atomic E-state index is 0.0130. The SMILES string of the molecule is COc1cccc(C(=O)N(CC(=O)N2CCc3sccc3[C@H]2COc2ccc(F)cc2)CC2CC2)c1. The molecule has 0 N–H and O–H groups in total. The summed E-state index contributed by atoms with van der Waals surface area (Å²) in [5.41, 5.74) is 1.59. The molecule has 1 saturated carbocycles. The molecule has 0 bridgehead atoms. The number of methoxy groups -OCH3 is 1. The lowest BCUT2D eigenvalue weighted by Gasteiger charge is -2.37. The Labute approximate surface area is 214 Å². The molecule has 0 spiro atoms. The summed E-state index contributed by atoms with van der Waals surface area (Å²) >= 11 is 1.68. The van der Waals surface area contributed by atoms with E-state index in [4.69, 9.17) is 9.47 Å². The van der Waals surface area contributed by atoms with Crippen molar-refractivity contribution < 1.29 is 23.5 Å². The number of hydrogen-bond donors (Lipinski definition) is 0. The number of amides is 2. The first-order valence-corrected chi connectivity index (χ1v) is 13.1. The number of carbonyl (C=O) groups is 2. The molecule has 1 atom stereocenters. The van der Waals surface area contributed by atoms with E-state index in [1.54, 1.807) is 59.7 Å². The summed E-state index contributed by atoms with van der Waals surface area (Å²) in [6, 6.07) is 14.7. The van der Waals surface area contributed by atoms with Crippen molar-refractivity contribution in [2.24, 2.45) is 5.92 Å². The van der Waals surface area contributed by atoms with Crippen LogP contribution in [0.3, 0.4) is 0 Å². The van der Waals surface area contributed by atoms with Gasteiger partial charge in [-0.3, -0.25) is 9.59 Å². The first-order valence-electron chi connectivity index (χ1n) is 12.2. The molecule has 3 aromatic rings. The second-order valence-electron chi connectivity index (χ2n) is 9.28. The molecule has 1 aliphatic carbocycles. The number of fused-ring (bicyclic) bond motifs is 1. The van der Waals surface area contributed by atoms with Crippen LogP contribution < -0.4 is 9.47 Å². The number of nitrogens with zero attached hydrogens (tertiary/aromatic N) is 2. The van der Waals surface area contributed by atoms with E-state index in [2.05, 4.69) is 0 Å². The Kier molecular flexibility index (Phi) is 7.23. The Balaban J connectivity index is 1.34. The average molecular weight is 509 g/mol. The number of rotatable bonds is 9. The van der Waals surface area contributed by atoms with E-state index < -0.39 is 0 Å². The maximum absolute atomic E-state index is 13.7. The smallest absolute Gasteiger partial charge is 0.254 e. The van der Waals surface area contributed by atoms with Crippen LogP contribution in [-0.2, 0) is 11.2 Å². The monoisotopic (exact) mass is 508 g/mol. The third-order valence-corrected chi connectivity index (χ3v) is 7.74. The van der Waals surface area contributed by atoms with Crippen LogP contribution in [0.1, 0.15) is 39.7 Å². The summed E-state index contributed by atoms with van der Waals surface area (Å²) in [6.45, 7) is 1.40. The van der Waals surface area contributed by atoms with Crippen molar-refractivity contribution >= 4 is 23.2 Å². The van der Waals surface area contributed by atoms with Gasteiger partial charge in [-0.15, -0.1) is 11.3 Å². The molecule has 1 fully saturated rings. The zero-order chi connectivity index (χ0) is 25.1. The summed E-state index contributed by atoms with van der Waals surface area (Å²) in [5.74, 6) is 1.01. The van der Waals surface area contributed by atoms with E-state index >= 15 is 0 Å². The number of thiophene rings is 1. The van der Waals surface area contributed by atoms with E-state index in [-0.39, 0.29) is 36.8 Å². The van der Waals surface area contributed by atoms with Crippen LogP contribution in [0.5, 0.6) is 11.5 Å². The number of ether oxygens (including phenoxy) is 2. The molecule has 36 heavy (non-hydrogen) atoms. The molecule has 2 heterocycles. The third kappa shape index (κ3) is 5.54. The standard InChI is InChI=1S/C28H29FN2O4S/c1-34-23-4-2-3-20(15-23)28(33)30(16-19-5-6-19)17-27(32)31-13-11-26-24(12-14-36-26)25(31)18-35-22-9-7-21(29)8-10-22/h2-4,7-10,12,14-15,19,25H,5-6,11,13,16-18H2,1H3/t25-/m1/s1. The maximum Gasteiger partial charge on any atom is 0.254 e. The lowest BCUT2D eigenvalue weighted by molar-refractivity contribution is -0.135. The third-order valence-electron chi connectivity index (χ3n) is 6.74. The number of benzene rings is 2. The highest BCUT2D eigenvalue weighted by Crippen LogP contribution is 2.35. The number of hydrogen-bond acceptors (Lipinski definition) is 5. The molecule has 188 valence electrons. The minimum atomic E-state index is -0.326. The van der Waals surface area contributed by atoms with Gasteiger partial charge < -0.3 is 19.3 Å². The molecule has 0 unspecified atom stereocenters. The molecule has 6 nitrogen and oxygen atoms in total. The molecular formula is C28H29FN2O4S. The Bertz CT molecular complexity index is 1220. The highest BCUT2D eigenvalue weighted by atomic mass is 32.1. The zero-order valence-electron chi connectivity index (χ0n) is 20.2. The quantitative estimate of drug-likeness (QED) is 0.410. The van der Waals surface area contributed by atoms with Crippen LogP contribution in [0.2, 0.25) is 0 Å². The van der Waals surface area contributed by atoms with Gasteiger partial charge in [0.05, 0.1) is 13.2 Å². The van der Waals surface area contributed by atoms with E-state index in [1.807, 2.05) is 16.3 Å². The first-order chi connectivity index (χ1) is 17.5. The second-order valence-corrected chi connectivity index (χ2v) is 10.3. The van der Waals surface area contributed by atoms with Crippen LogP contribution in [0.25, 0.3) is 0 Å². The fourth-order valence-electron chi connectivity index (χ4n) is 4.60. The van der Waals surface area contributed by atoms with Gasteiger partial charge in [0.1, 0.15) is 30.5 Å². The van der Waals surface area contributed by atoms with Gasteiger partial charge in [-0.05, 0) is 84.7 Å². The van der Waals surface area contributed by atoms with E-state index in [1.165, 1.54) is 17.0 Å². The van der Waals surface area contributed by atoms with Gasteiger partial charge >= 0.3 is 0 Å². The molecular weight excluding hydrogens is 479 g/mol. The zero-order valence-corrected chi connectivity index (χ0v) is 21.0. The predicted octanol–water partition coefficient (Wildman–Crippen LogP) is 4.95. The summed E-state index contributed by atoms with van der Waals surface area (Å²) in [4.78, 5) is 31.8. The molecule has 2 amide bonds. The van der Waals surface area contributed by atoms with Crippen molar-refractivity contribution in [3.05, 3.63) is 81.8 Å². The lowest BCUT2D eigenvalue weighted by atomic mass is 10.0. The van der Waals surface area contributed by atoms with Crippen LogP contribution >= 0.6 is 11.3 Å². The Morgan fingerprint density at radius 1 is 1.11 bits per heavy atom. The highest BCUT2D eigenvalue weighted by Gasteiger charge is 2.35. The molecule has 5 rings (SSSR count). The molecule has 1 aromatic heterocycles. The molecule has 2 aromatic carbocycles. The summed E-state index contributed by atoms with van der Waals surface area (Å²) in [5, 5.41) is 2.04. The summed E-state index contributed by atoms with van der Waals surface area (Å²) < 4.78 is 24.6. The van der Waals surface area contributed by atoms with Crippen LogP contribution in [-0.4, -0.2) is 55.0 Å². The molecule has 8 heteroatoms. The second kappa shape index (κ2) is 10.7. The van der Waals surface area contributed by atoms with Gasteiger partial charge in [0.25, 0.3) is 5.91 Å². The Hall–Kier alpha value is -3.39. The number of halogens is 1. The van der Waals surface area contributed by atoms with Crippen molar-refractivity contribution in [3.63, 3.8) is 0 Å². The fraction of sp³-hybridized carbons (Fsp3) is 0.357. The number of carbonyl (C=O) groups excluding carboxylic acids is 2.